The van der Waals surface area contributed by atoms with Gasteiger partial charge in [-0.15, -0.1) is 11.3 Å². The summed E-state index contributed by atoms with van der Waals surface area (Å²) in [5.41, 5.74) is 1.11. The fourth-order valence-electron chi connectivity index (χ4n) is 1.20. The number of aryl methyl sites for hydroxylation is 1. The van der Waals surface area contributed by atoms with Gasteiger partial charge >= 0.3 is 0 Å². The van der Waals surface area contributed by atoms with Crippen LogP contribution in [-0.2, 0) is 13.5 Å². The molecule has 74 valence electrons. The number of thiazole rings is 1. The van der Waals surface area contributed by atoms with Crippen LogP contribution in [0, 0.1) is 0 Å². The highest BCUT2D eigenvalue weighted by Crippen LogP contribution is 2.09. The Morgan fingerprint density at radius 3 is 3.14 bits per heavy atom. The Bertz CT molecular complexity index is 379. The van der Waals surface area contributed by atoms with Crippen molar-refractivity contribution < 1.29 is 0 Å². The molecule has 0 saturated carbocycles. The Labute approximate surface area is 86.6 Å². The van der Waals surface area contributed by atoms with Crippen molar-refractivity contribution >= 4 is 16.5 Å². The van der Waals surface area contributed by atoms with E-state index in [1.165, 1.54) is 0 Å². The molecule has 1 N–H and O–H groups in total. The summed E-state index contributed by atoms with van der Waals surface area (Å²) < 4.78 is 1.82. The van der Waals surface area contributed by atoms with Gasteiger partial charge in [-0.1, -0.05) is 0 Å². The van der Waals surface area contributed by atoms with Crippen LogP contribution in [0.4, 0.5) is 5.13 Å². The largest absolute Gasteiger partial charge is 0.361 e. The van der Waals surface area contributed by atoms with Crippen LogP contribution in [0.1, 0.15) is 5.69 Å². The molecule has 0 saturated heterocycles. The molecule has 0 radical (unpaired) electrons. The summed E-state index contributed by atoms with van der Waals surface area (Å²) in [6.45, 7) is 0.879. The summed E-state index contributed by atoms with van der Waals surface area (Å²) in [5, 5.41) is 10.5. The predicted molar refractivity (Wildman–Crippen MR) is 57.5 cm³/mol. The Hall–Kier alpha value is -1.36. The molecular weight excluding hydrogens is 196 g/mol. The van der Waals surface area contributed by atoms with Crippen LogP contribution in [0.5, 0.6) is 0 Å². The third-order valence-corrected chi connectivity index (χ3v) is 2.59. The smallest absolute Gasteiger partial charge is 0.182 e. The van der Waals surface area contributed by atoms with Gasteiger partial charge in [-0.05, 0) is 6.07 Å². The van der Waals surface area contributed by atoms with Crippen molar-refractivity contribution in [2.75, 3.05) is 11.9 Å². The van der Waals surface area contributed by atoms with Crippen LogP contribution < -0.4 is 5.32 Å². The number of aromatic nitrogens is 3. The van der Waals surface area contributed by atoms with Crippen molar-refractivity contribution in [1.82, 2.24) is 14.8 Å². The summed E-state index contributed by atoms with van der Waals surface area (Å²) >= 11 is 1.62. The monoisotopic (exact) mass is 208 g/mol. The number of hydrogen-bond acceptors (Lipinski definition) is 4. The zero-order valence-electron chi connectivity index (χ0n) is 7.97. The highest BCUT2D eigenvalue weighted by Gasteiger charge is 1.97. The first kappa shape index (κ1) is 9.21. The van der Waals surface area contributed by atoms with E-state index in [1.807, 2.05) is 29.4 Å². The van der Waals surface area contributed by atoms with Gasteiger partial charge in [0.25, 0.3) is 0 Å². The fourth-order valence-corrected chi connectivity index (χ4v) is 1.76. The molecule has 0 aliphatic carbocycles. The van der Waals surface area contributed by atoms with Crippen molar-refractivity contribution in [1.29, 1.82) is 0 Å². The van der Waals surface area contributed by atoms with Gasteiger partial charge < -0.3 is 5.32 Å². The van der Waals surface area contributed by atoms with E-state index >= 15 is 0 Å². The first-order chi connectivity index (χ1) is 6.84. The average Bonchev–Trinajstić information content (AvgIpc) is 2.77. The average molecular weight is 208 g/mol. The molecule has 0 unspecified atom stereocenters. The molecule has 4 nitrogen and oxygen atoms in total. The molecule has 0 amide bonds. The number of hydrogen-bond donors (Lipinski definition) is 1. The van der Waals surface area contributed by atoms with Crippen LogP contribution in [0.2, 0.25) is 0 Å². The highest BCUT2D eigenvalue weighted by molar-refractivity contribution is 7.13. The quantitative estimate of drug-likeness (QED) is 0.828. The lowest BCUT2D eigenvalue weighted by atomic mass is 10.3. The van der Waals surface area contributed by atoms with E-state index in [9.17, 15) is 0 Å². The number of rotatable bonds is 4. The molecule has 0 fully saturated rings. The van der Waals surface area contributed by atoms with Crippen LogP contribution in [0.3, 0.4) is 0 Å². The lowest BCUT2D eigenvalue weighted by Gasteiger charge is -1.99. The van der Waals surface area contributed by atoms with Crippen LogP contribution in [0.25, 0.3) is 0 Å². The second-order valence-corrected chi connectivity index (χ2v) is 3.89. The van der Waals surface area contributed by atoms with Gasteiger partial charge in [0.15, 0.2) is 5.13 Å². The fraction of sp³-hybridized carbons (Fsp3) is 0.333. The van der Waals surface area contributed by atoms with Crippen LogP contribution >= 0.6 is 11.3 Å². The second-order valence-electron chi connectivity index (χ2n) is 2.99. The van der Waals surface area contributed by atoms with E-state index in [4.69, 9.17) is 0 Å². The van der Waals surface area contributed by atoms with Gasteiger partial charge in [0.1, 0.15) is 0 Å². The zero-order valence-corrected chi connectivity index (χ0v) is 8.79. The maximum atomic E-state index is 4.29. The molecule has 0 atom stereocenters. The predicted octanol–water partition coefficient (Wildman–Crippen LogP) is 1.53. The van der Waals surface area contributed by atoms with Crippen LogP contribution in [0.15, 0.2) is 23.8 Å². The van der Waals surface area contributed by atoms with E-state index in [0.717, 1.165) is 23.8 Å². The van der Waals surface area contributed by atoms with Gasteiger partial charge in [-0.2, -0.15) is 5.10 Å². The zero-order chi connectivity index (χ0) is 9.80. The topological polar surface area (TPSA) is 42.7 Å². The van der Waals surface area contributed by atoms with Crippen molar-refractivity contribution in [3.05, 3.63) is 29.5 Å². The molecule has 2 aromatic heterocycles. The maximum Gasteiger partial charge on any atom is 0.182 e. The minimum Gasteiger partial charge on any atom is -0.361 e. The van der Waals surface area contributed by atoms with Gasteiger partial charge in [0.05, 0.1) is 5.69 Å². The molecule has 14 heavy (non-hydrogen) atoms. The Morgan fingerprint density at radius 2 is 2.50 bits per heavy atom. The molecule has 5 heteroatoms. The number of anilines is 1. The SMILES string of the molecule is Cn1ccc(CCNc2nccs2)n1. The minimum atomic E-state index is 0.879. The third kappa shape index (κ3) is 2.32. The van der Waals surface area contributed by atoms with Gasteiger partial charge in [-0.3, -0.25) is 4.68 Å². The van der Waals surface area contributed by atoms with E-state index in [2.05, 4.69) is 15.4 Å². The molecule has 0 bridgehead atoms. The summed E-state index contributed by atoms with van der Waals surface area (Å²) in [4.78, 5) is 4.13. The van der Waals surface area contributed by atoms with E-state index in [0.29, 0.717) is 0 Å². The highest BCUT2D eigenvalue weighted by atomic mass is 32.1. The van der Waals surface area contributed by atoms with E-state index in [1.54, 1.807) is 17.5 Å². The first-order valence-corrected chi connectivity index (χ1v) is 5.34. The van der Waals surface area contributed by atoms with Gasteiger partial charge in [-0.25, -0.2) is 4.98 Å². The molecule has 0 aliphatic heterocycles. The lowest BCUT2D eigenvalue weighted by Crippen LogP contribution is -2.05. The van der Waals surface area contributed by atoms with Gasteiger partial charge in [0, 0.05) is 37.8 Å². The normalized spacial score (nSPS) is 10.4. The minimum absolute atomic E-state index is 0.879. The molecule has 2 heterocycles. The first-order valence-electron chi connectivity index (χ1n) is 4.46. The number of nitrogens with zero attached hydrogens (tertiary/aromatic N) is 3. The Morgan fingerprint density at radius 1 is 1.57 bits per heavy atom. The molecule has 2 rings (SSSR count). The maximum absolute atomic E-state index is 4.29. The van der Waals surface area contributed by atoms with Crippen molar-refractivity contribution in [2.24, 2.45) is 7.05 Å². The van der Waals surface area contributed by atoms with E-state index < -0.39 is 0 Å². The Balaban J connectivity index is 1.78. The molecule has 2 aromatic rings. The third-order valence-electron chi connectivity index (χ3n) is 1.86. The lowest BCUT2D eigenvalue weighted by molar-refractivity contribution is 0.742. The summed E-state index contributed by atoms with van der Waals surface area (Å²) in [5.74, 6) is 0. The van der Waals surface area contributed by atoms with Crippen LogP contribution in [-0.4, -0.2) is 21.3 Å². The summed E-state index contributed by atoms with van der Waals surface area (Å²) in [6, 6.07) is 2.03. The Kier molecular flexibility index (Phi) is 2.78. The van der Waals surface area contributed by atoms with Crippen molar-refractivity contribution in [3.63, 3.8) is 0 Å². The molecule has 0 aromatic carbocycles. The summed E-state index contributed by atoms with van der Waals surface area (Å²) in [7, 11) is 1.93. The van der Waals surface area contributed by atoms with E-state index in [-0.39, 0.29) is 0 Å². The molecular formula is C9H12N4S. The second kappa shape index (κ2) is 4.23. The van der Waals surface area contributed by atoms with Gasteiger partial charge in [0.2, 0.25) is 0 Å². The number of nitrogens with one attached hydrogen (secondary N) is 1. The molecule has 0 aliphatic rings. The summed E-state index contributed by atoms with van der Waals surface area (Å²) in [6.07, 6.45) is 4.69. The molecule has 0 spiro atoms. The van der Waals surface area contributed by atoms with Crippen molar-refractivity contribution in [3.8, 4) is 0 Å². The van der Waals surface area contributed by atoms with Crippen molar-refractivity contribution in [2.45, 2.75) is 6.42 Å². The standard InChI is InChI=1S/C9H12N4S/c1-13-6-3-8(12-13)2-4-10-9-11-5-7-14-9/h3,5-7H,2,4H2,1H3,(H,10,11).